The molecule has 1 atom stereocenters. The lowest BCUT2D eigenvalue weighted by molar-refractivity contribution is -0.136. The fraction of sp³-hybridized carbons (Fsp3) is 0.300. The third-order valence-electron chi connectivity index (χ3n) is 7.61. The first-order valence-corrected chi connectivity index (χ1v) is 13.3. The molecule has 0 saturated carbocycles. The van der Waals surface area contributed by atoms with Gasteiger partial charge in [0, 0.05) is 48.7 Å². The van der Waals surface area contributed by atoms with E-state index in [1.807, 2.05) is 37.4 Å². The van der Waals surface area contributed by atoms with Crippen LogP contribution in [0.2, 0.25) is 0 Å². The van der Waals surface area contributed by atoms with Crippen LogP contribution in [0.25, 0.3) is 39.1 Å². The van der Waals surface area contributed by atoms with Gasteiger partial charge in [-0.25, -0.2) is 0 Å². The van der Waals surface area contributed by atoms with Crippen molar-refractivity contribution in [2.75, 3.05) is 13.1 Å². The predicted molar refractivity (Wildman–Crippen MR) is 148 cm³/mol. The Hall–Kier alpha value is -4.18. The number of piperidine rings is 1. The van der Waals surface area contributed by atoms with E-state index in [-0.39, 0.29) is 10.9 Å². The summed E-state index contributed by atoms with van der Waals surface area (Å²) in [5.41, 5.74) is 1.91. The van der Waals surface area contributed by atoms with Gasteiger partial charge in [-0.05, 0) is 54.6 Å². The number of H-pyrrole nitrogens is 1. The van der Waals surface area contributed by atoms with Gasteiger partial charge in [0.25, 0.3) is 5.56 Å². The quantitative estimate of drug-likeness (QED) is 0.292. The van der Waals surface area contributed by atoms with Crippen LogP contribution in [0.15, 0.2) is 71.9 Å². The molecule has 0 aliphatic carbocycles. The standard InChI is InChI=1S/C30H29F3N6O/c1-19-7-6-12-38(15-19)16-21-14-25-26(30(31,32)33)17-39(29(40)27(25)35-21)22-9-5-8-20(13-22)23-10-3-4-11-24(23)28-36-34-18-37(28)2/h3-5,8-11,13-14,17-19,35H,6-7,12,15-16H2,1-2H3/t19-/m0/s1. The second kappa shape index (κ2) is 10.1. The molecule has 40 heavy (non-hydrogen) atoms. The van der Waals surface area contributed by atoms with Crippen LogP contribution in [-0.2, 0) is 19.8 Å². The van der Waals surface area contributed by atoms with Crippen LogP contribution in [0.3, 0.4) is 0 Å². The number of alkyl halides is 3. The molecule has 0 spiro atoms. The average Bonchev–Trinajstić information content (AvgIpc) is 3.54. The molecule has 4 heterocycles. The van der Waals surface area contributed by atoms with Gasteiger partial charge >= 0.3 is 6.18 Å². The first-order valence-electron chi connectivity index (χ1n) is 13.3. The van der Waals surface area contributed by atoms with Gasteiger partial charge in [-0.15, -0.1) is 10.2 Å². The van der Waals surface area contributed by atoms with Crippen molar-refractivity contribution in [3.8, 4) is 28.2 Å². The van der Waals surface area contributed by atoms with Crippen LogP contribution in [0, 0.1) is 5.92 Å². The fourth-order valence-electron chi connectivity index (χ4n) is 5.72. The molecule has 3 aromatic heterocycles. The Balaban J connectivity index is 1.45. The molecule has 1 fully saturated rings. The third-order valence-corrected chi connectivity index (χ3v) is 7.61. The Morgan fingerprint density at radius 3 is 2.60 bits per heavy atom. The summed E-state index contributed by atoms with van der Waals surface area (Å²) in [6.07, 6.45) is 0.0833. The number of hydrogen-bond acceptors (Lipinski definition) is 4. The molecule has 0 amide bonds. The maximum absolute atomic E-state index is 14.3. The highest BCUT2D eigenvalue weighted by atomic mass is 19.4. The molecule has 0 bridgehead atoms. The van der Waals surface area contributed by atoms with Gasteiger partial charge in [-0.3, -0.25) is 14.3 Å². The number of benzene rings is 2. The second-order valence-corrected chi connectivity index (χ2v) is 10.6. The molecule has 1 aliphatic heterocycles. The Morgan fingerprint density at radius 2 is 1.88 bits per heavy atom. The number of aromatic amines is 1. The molecule has 2 aromatic carbocycles. The maximum atomic E-state index is 14.3. The highest BCUT2D eigenvalue weighted by molar-refractivity contribution is 5.85. The summed E-state index contributed by atoms with van der Waals surface area (Å²) in [6, 6.07) is 16.0. The van der Waals surface area contributed by atoms with E-state index >= 15 is 0 Å². The van der Waals surface area contributed by atoms with Crippen molar-refractivity contribution < 1.29 is 13.2 Å². The summed E-state index contributed by atoms with van der Waals surface area (Å²) in [4.78, 5) is 18.9. The maximum Gasteiger partial charge on any atom is 0.418 e. The van der Waals surface area contributed by atoms with E-state index in [0.717, 1.165) is 53.4 Å². The zero-order chi connectivity index (χ0) is 28.0. The molecule has 1 aliphatic rings. The Labute approximate surface area is 228 Å². The number of rotatable bonds is 5. The third kappa shape index (κ3) is 4.83. The summed E-state index contributed by atoms with van der Waals surface area (Å²) >= 11 is 0. The Bertz CT molecular complexity index is 1750. The van der Waals surface area contributed by atoms with E-state index in [4.69, 9.17) is 0 Å². The van der Waals surface area contributed by atoms with E-state index in [0.29, 0.717) is 29.7 Å². The number of pyridine rings is 1. The first kappa shape index (κ1) is 26.1. The van der Waals surface area contributed by atoms with Crippen LogP contribution < -0.4 is 5.56 Å². The van der Waals surface area contributed by atoms with E-state index in [9.17, 15) is 18.0 Å². The van der Waals surface area contributed by atoms with Crippen LogP contribution >= 0.6 is 0 Å². The van der Waals surface area contributed by atoms with Gasteiger partial charge in [-0.1, -0.05) is 43.3 Å². The molecule has 206 valence electrons. The van der Waals surface area contributed by atoms with Crippen LogP contribution in [0.1, 0.15) is 31.0 Å². The molecule has 1 saturated heterocycles. The van der Waals surface area contributed by atoms with Crippen LogP contribution in [0.4, 0.5) is 13.2 Å². The largest absolute Gasteiger partial charge is 0.418 e. The molecule has 7 nitrogen and oxygen atoms in total. The first-order chi connectivity index (χ1) is 19.2. The zero-order valence-corrected chi connectivity index (χ0v) is 22.2. The number of fused-ring (bicyclic) bond motifs is 1. The molecule has 0 radical (unpaired) electrons. The summed E-state index contributed by atoms with van der Waals surface area (Å²) in [5.74, 6) is 1.19. The molecule has 5 aromatic rings. The number of nitrogens with zero attached hydrogens (tertiary/aromatic N) is 5. The topological polar surface area (TPSA) is 71.7 Å². The van der Waals surface area contributed by atoms with Crippen molar-refractivity contribution >= 4 is 10.9 Å². The minimum atomic E-state index is -4.64. The lowest BCUT2D eigenvalue weighted by atomic mass is 9.98. The highest BCUT2D eigenvalue weighted by Gasteiger charge is 2.35. The highest BCUT2D eigenvalue weighted by Crippen LogP contribution is 2.36. The van der Waals surface area contributed by atoms with Crippen LogP contribution in [-0.4, -0.2) is 42.3 Å². The van der Waals surface area contributed by atoms with Gasteiger partial charge in [0.15, 0.2) is 5.82 Å². The van der Waals surface area contributed by atoms with Crippen molar-refractivity contribution in [3.05, 3.63) is 88.7 Å². The van der Waals surface area contributed by atoms with Gasteiger partial charge in [0.05, 0.1) is 5.56 Å². The lowest BCUT2D eigenvalue weighted by Crippen LogP contribution is -2.33. The minimum Gasteiger partial charge on any atom is -0.353 e. The Kier molecular flexibility index (Phi) is 6.58. The molecular weight excluding hydrogens is 517 g/mol. The number of aryl methyl sites for hydroxylation is 1. The van der Waals surface area contributed by atoms with E-state index in [2.05, 4.69) is 27.0 Å². The minimum absolute atomic E-state index is 0.0419. The Morgan fingerprint density at radius 1 is 1.07 bits per heavy atom. The number of likely N-dealkylation sites (tertiary alicyclic amines) is 1. The smallest absolute Gasteiger partial charge is 0.353 e. The van der Waals surface area contributed by atoms with Crippen molar-refractivity contribution in [3.63, 3.8) is 0 Å². The van der Waals surface area contributed by atoms with E-state index in [1.165, 1.54) is 6.07 Å². The van der Waals surface area contributed by atoms with Crippen molar-refractivity contribution in [1.29, 1.82) is 0 Å². The lowest BCUT2D eigenvalue weighted by Gasteiger charge is -2.30. The summed E-state index contributed by atoms with van der Waals surface area (Å²) in [6.45, 7) is 4.43. The average molecular weight is 547 g/mol. The molecule has 1 N–H and O–H groups in total. The number of aromatic nitrogens is 5. The number of halogens is 3. The summed E-state index contributed by atoms with van der Waals surface area (Å²) in [7, 11) is 1.84. The normalized spacial score (nSPS) is 16.6. The van der Waals surface area contributed by atoms with Gasteiger partial charge in [0.1, 0.15) is 11.8 Å². The predicted octanol–water partition coefficient (Wildman–Crippen LogP) is 6.03. The fourth-order valence-corrected chi connectivity index (χ4v) is 5.72. The summed E-state index contributed by atoms with van der Waals surface area (Å²) in [5, 5.41) is 8.08. The molecule has 10 heteroatoms. The van der Waals surface area contributed by atoms with Crippen molar-refractivity contribution in [2.24, 2.45) is 13.0 Å². The number of hydrogen-bond donors (Lipinski definition) is 1. The van der Waals surface area contributed by atoms with Gasteiger partial charge < -0.3 is 9.55 Å². The summed E-state index contributed by atoms with van der Waals surface area (Å²) < 4.78 is 45.8. The zero-order valence-electron chi connectivity index (χ0n) is 22.2. The molecule has 0 unspecified atom stereocenters. The van der Waals surface area contributed by atoms with Crippen molar-refractivity contribution in [1.82, 2.24) is 29.2 Å². The molecule has 6 rings (SSSR count). The van der Waals surface area contributed by atoms with E-state index in [1.54, 1.807) is 29.1 Å². The van der Waals surface area contributed by atoms with Crippen LogP contribution in [0.5, 0.6) is 0 Å². The second-order valence-electron chi connectivity index (χ2n) is 10.6. The number of nitrogens with one attached hydrogen (secondary N) is 1. The van der Waals surface area contributed by atoms with Gasteiger partial charge in [0.2, 0.25) is 0 Å². The monoisotopic (exact) mass is 546 g/mol. The SMILES string of the molecule is C[C@H]1CCCN(Cc2cc3c(C(F)(F)F)cn(-c4cccc(-c5ccccc5-c5nncn5C)c4)c(=O)c3[nH]2)C1. The van der Waals surface area contributed by atoms with Crippen molar-refractivity contribution in [2.45, 2.75) is 32.5 Å². The van der Waals surface area contributed by atoms with Gasteiger partial charge in [-0.2, -0.15) is 13.2 Å². The molecular formula is C30H29F3N6O. The van der Waals surface area contributed by atoms with E-state index < -0.39 is 17.3 Å².